The summed E-state index contributed by atoms with van der Waals surface area (Å²) in [7, 11) is 0. The standard InChI is InChI=1S/C21H40Br2O4/c1-2-3-4-5-7-10-13-17(22)18(23)14-11-8-6-9-12-15-19(25)21(27)20(26)16-24/h17-18,20-21,24,26-27H,2-16H2,1H3. The van der Waals surface area contributed by atoms with Crippen LogP contribution >= 0.6 is 31.9 Å². The van der Waals surface area contributed by atoms with Gasteiger partial charge < -0.3 is 15.3 Å². The number of carbonyl (C=O) groups is 1. The number of rotatable bonds is 19. The van der Waals surface area contributed by atoms with Gasteiger partial charge in [0.05, 0.1) is 6.61 Å². The molecule has 0 aliphatic rings. The van der Waals surface area contributed by atoms with Crippen LogP contribution in [0.4, 0.5) is 0 Å². The normalized spacial score (nSPS) is 16.1. The molecule has 0 saturated carbocycles. The van der Waals surface area contributed by atoms with Crippen molar-refractivity contribution in [3.63, 3.8) is 0 Å². The molecule has 6 heteroatoms. The second kappa shape index (κ2) is 18.5. The highest BCUT2D eigenvalue weighted by Gasteiger charge is 2.22. The fraction of sp³-hybridized carbons (Fsp3) is 0.952. The number of alkyl halides is 2. The van der Waals surface area contributed by atoms with Crippen molar-refractivity contribution < 1.29 is 20.1 Å². The Morgan fingerprint density at radius 1 is 0.778 bits per heavy atom. The van der Waals surface area contributed by atoms with E-state index in [0.717, 1.165) is 32.1 Å². The van der Waals surface area contributed by atoms with Gasteiger partial charge in [-0.2, -0.15) is 0 Å². The molecule has 0 spiro atoms. The summed E-state index contributed by atoms with van der Waals surface area (Å²) in [6.45, 7) is 1.66. The van der Waals surface area contributed by atoms with Crippen LogP contribution < -0.4 is 0 Å². The molecule has 0 aromatic heterocycles. The maximum atomic E-state index is 11.6. The van der Waals surface area contributed by atoms with E-state index in [1.165, 1.54) is 51.4 Å². The van der Waals surface area contributed by atoms with Crippen molar-refractivity contribution in [2.75, 3.05) is 6.61 Å². The lowest BCUT2D eigenvalue weighted by atomic mass is 10.0. The van der Waals surface area contributed by atoms with Gasteiger partial charge in [-0.3, -0.25) is 4.79 Å². The van der Waals surface area contributed by atoms with Gasteiger partial charge in [-0.25, -0.2) is 0 Å². The number of hydrogen-bond acceptors (Lipinski definition) is 4. The monoisotopic (exact) mass is 514 g/mol. The lowest BCUT2D eigenvalue weighted by Gasteiger charge is -2.16. The molecule has 4 unspecified atom stereocenters. The van der Waals surface area contributed by atoms with E-state index in [-0.39, 0.29) is 12.2 Å². The van der Waals surface area contributed by atoms with Crippen LogP contribution in [0, 0.1) is 0 Å². The molecule has 0 aliphatic carbocycles. The fourth-order valence-corrected chi connectivity index (χ4v) is 4.29. The predicted octanol–water partition coefficient (Wildman–Crippen LogP) is 5.28. The van der Waals surface area contributed by atoms with E-state index < -0.39 is 18.8 Å². The maximum absolute atomic E-state index is 11.6. The van der Waals surface area contributed by atoms with Crippen LogP contribution in [0.1, 0.15) is 96.8 Å². The number of halogens is 2. The zero-order valence-corrected chi connectivity index (χ0v) is 20.1. The second-order valence-electron chi connectivity index (χ2n) is 7.56. The van der Waals surface area contributed by atoms with Gasteiger partial charge >= 0.3 is 0 Å². The topological polar surface area (TPSA) is 77.8 Å². The van der Waals surface area contributed by atoms with Crippen molar-refractivity contribution in [1.82, 2.24) is 0 Å². The van der Waals surface area contributed by atoms with Crippen molar-refractivity contribution in [3.8, 4) is 0 Å². The van der Waals surface area contributed by atoms with E-state index >= 15 is 0 Å². The molecule has 0 radical (unpaired) electrons. The quantitative estimate of drug-likeness (QED) is 0.161. The molecule has 4 nitrogen and oxygen atoms in total. The molecule has 4 atom stereocenters. The van der Waals surface area contributed by atoms with E-state index in [1.807, 2.05) is 0 Å². The predicted molar refractivity (Wildman–Crippen MR) is 120 cm³/mol. The van der Waals surface area contributed by atoms with Gasteiger partial charge in [0.15, 0.2) is 5.78 Å². The Kier molecular flexibility index (Phi) is 18.9. The van der Waals surface area contributed by atoms with Crippen LogP contribution in [0.15, 0.2) is 0 Å². The SMILES string of the molecule is CCCCCCCCC(Br)C(Br)CCCCCCCC(=O)C(O)C(O)CO. The van der Waals surface area contributed by atoms with Crippen molar-refractivity contribution in [1.29, 1.82) is 0 Å². The van der Waals surface area contributed by atoms with Crippen LogP contribution in [0.5, 0.6) is 0 Å². The summed E-state index contributed by atoms with van der Waals surface area (Å²) in [5, 5.41) is 27.5. The number of carbonyl (C=O) groups excluding carboxylic acids is 1. The van der Waals surface area contributed by atoms with Crippen LogP contribution in [0.2, 0.25) is 0 Å². The lowest BCUT2D eigenvalue weighted by molar-refractivity contribution is -0.134. The molecular formula is C21H40Br2O4. The van der Waals surface area contributed by atoms with Crippen molar-refractivity contribution in [2.45, 2.75) is 119 Å². The van der Waals surface area contributed by atoms with Crippen molar-refractivity contribution in [2.24, 2.45) is 0 Å². The Bertz CT molecular complexity index is 355. The first-order valence-electron chi connectivity index (χ1n) is 10.7. The van der Waals surface area contributed by atoms with Gasteiger partial charge in [-0.1, -0.05) is 103 Å². The smallest absolute Gasteiger partial charge is 0.164 e. The Morgan fingerprint density at radius 2 is 1.22 bits per heavy atom. The average molecular weight is 516 g/mol. The molecule has 3 N–H and O–H groups in total. The molecule has 0 heterocycles. The van der Waals surface area contributed by atoms with E-state index in [2.05, 4.69) is 38.8 Å². The number of aliphatic hydroxyl groups is 3. The molecule has 0 bridgehead atoms. The summed E-state index contributed by atoms with van der Waals surface area (Å²) >= 11 is 7.63. The summed E-state index contributed by atoms with van der Waals surface area (Å²) in [5.74, 6) is -0.381. The third-order valence-electron chi connectivity index (χ3n) is 5.01. The Hall–Kier alpha value is 0.510. The number of aliphatic hydroxyl groups excluding tert-OH is 3. The van der Waals surface area contributed by atoms with Gasteiger partial charge in [0.2, 0.25) is 0 Å². The Morgan fingerprint density at radius 3 is 1.70 bits per heavy atom. The number of ketones is 1. The first kappa shape index (κ1) is 27.5. The van der Waals surface area contributed by atoms with Crippen LogP contribution in [-0.2, 0) is 4.79 Å². The summed E-state index contributed by atoms with van der Waals surface area (Å²) in [6, 6.07) is 0. The van der Waals surface area contributed by atoms with Gasteiger partial charge in [0.25, 0.3) is 0 Å². The number of Topliss-reactive ketones (excluding diaryl/α,β-unsaturated/α-hetero) is 1. The number of hydrogen-bond donors (Lipinski definition) is 3. The molecule has 0 aromatic carbocycles. The van der Waals surface area contributed by atoms with Gasteiger partial charge in [0.1, 0.15) is 12.2 Å². The highest BCUT2D eigenvalue weighted by molar-refractivity contribution is 9.12. The van der Waals surface area contributed by atoms with Crippen LogP contribution in [0.25, 0.3) is 0 Å². The largest absolute Gasteiger partial charge is 0.394 e. The Balaban J connectivity index is 3.56. The molecule has 27 heavy (non-hydrogen) atoms. The van der Waals surface area contributed by atoms with Gasteiger partial charge in [-0.15, -0.1) is 0 Å². The molecular weight excluding hydrogens is 476 g/mol. The minimum Gasteiger partial charge on any atom is -0.394 e. The molecule has 0 saturated heterocycles. The van der Waals surface area contributed by atoms with Gasteiger partial charge in [0, 0.05) is 16.1 Å². The van der Waals surface area contributed by atoms with E-state index in [4.69, 9.17) is 5.11 Å². The molecule has 0 amide bonds. The zero-order valence-electron chi connectivity index (χ0n) is 16.9. The lowest BCUT2D eigenvalue weighted by Crippen LogP contribution is -2.36. The third kappa shape index (κ3) is 15.1. The number of unbranched alkanes of at least 4 members (excludes halogenated alkanes) is 9. The molecule has 162 valence electrons. The molecule has 0 rings (SSSR count). The molecule has 0 aromatic rings. The van der Waals surface area contributed by atoms with E-state index in [1.54, 1.807) is 0 Å². The third-order valence-corrected chi connectivity index (χ3v) is 7.91. The Labute approximate surface area is 182 Å². The molecule has 0 fully saturated rings. The summed E-state index contributed by atoms with van der Waals surface area (Å²) in [4.78, 5) is 12.7. The minimum atomic E-state index is -1.45. The van der Waals surface area contributed by atoms with Crippen molar-refractivity contribution in [3.05, 3.63) is 0 Å². The first-order valence-corrected chi connectivity index (χ1v) is 12.5. The summed E-state index contributed by atoms with van der Waals surface area (Å²) in [5.41, 5.74) is 0. The minimum absolute atomic E-state index is 0.265. The highest BCUT2D eigenvalue weighted by Crippen LogP contribution is 2.25. The summed E-state index contributed by atoms with van der Waals surface area (Å²) < 4.78 is 0. The summed E-state index contributed by atoms with van der Waals surface area (Å²) in [6.07, 6.45) is 12.9. The van der Waals surface area contributed by atoms with E-state index in [9.17, 15) is 15.0 Å². The first-order chi connectivity index (χ1) is 12.9. The van der Waals surface area contributed by atoms with E-state index in [0.29, 0.717) is 9.65 Å². The maximum Gasteiger partial charge on any atom is 0.164 e. The second-order valence-corrected chi connectivity index (χ2v) is 9.91. The van der Waals surface area contributed by atoms with Gasteiger partial charge in [-0.05, 0) is 19.3 Å². The zero-order chi connectivity index (χ0) is 20.5. The van der Waals surface area contributed by atoms with Crippen molar-refractivity contribution >= 4 is 37.6 Å². The highest BCUT2D eigenvalue weighted by atomic mass is 79.9. The molecule has 0 aliphatic heterocycles. The average Bonchev–Trinajstić information content (AvgIpc) is 2.67. The fourth-order valence-electron chi connectivity index (χ4n) is 3.11. The van der Waals surface area contributed by atoms with Crippen LogP contribution in [0.3, 0.4) is 0 Å². The van der Waals surface area contributed by atoms with Crippen LogP contribution in [-0.4, -0.2) is 49.6 Å².